The number of fused-ring (bicyclic) bond motifs is 1. The lowest BCUT2D eigenvalue weighted by Gasteiger charge is -2.08. The van der Waals surface area contributed by atoms with E-state index in [1.54, 1.807) is 7.11 Å². The van der Waals surface area contributed by atoms with Crippen molar-refractivity contribution in [2.75, 3.05) is 20.3 Å². The first-order valence-electron chi connectivity index (χ1n) is 8.38. The van der Waals surface area contributed by atoms with Crippen LogP contribution in [0.2, 0.25) is 0 Å². The van der Waals surface area contributed by atoms with Gasteiger partial charge < -0.3 is 9.47 Å². The van der Waals surface area contributed by atoms with Crippen LogP contribution in [0.25, 0.3) is 27.9 Å². The van der Waals surface area contributed by atoms with Crippen molar-refractivity contribution in [3.8, 4) is 11.4 Å². The van der Waals surface area contributed by atoms with E-state index < -0.39 is 0 Å². The van der Waals surface area contributed by atoms with Gasteiger partial charge in [0.15, 0.2) is 5.82 Å². The number of rotatable bonds is 6. The molecule has 0 fully saturated rings. The number of H-pyrrole nitrogens is 2. The van der Waals surface area contributed by atoms with Gasteiger partial charge in [-0.15, -0.1) is 0 Å². The van der Waals surface area contributed by atoms with Crippen molar-refractivity contribution in [1.82, 2.24) is 25.4 Å². The largest absolute Gasteiger partial charge is 0.495 e. The highest BCUT2D eigenvalue weighted by atomic mass is 16.5. The zero-order valence-corrected chi connectivity index (χ0v) is 14.4. The number of methoxy groups -OCH3 is 1. The zero-order valence-electron chi connectivity index (χ0n) is 14.4. The fourth-order valence-corrected chi connectivity index (χ4v) is 2.87. The molecule has 0 amide bonds. The van der Waals surface area contributed by atoms with E-state index in [9.17, 15) is 0 Å². The van der Waals surface area contributed by atoms with E-state index in [4.69, 9.17) is 9.47 Å². The van der Waals surface area contributed by atoms with Crippen molar-refractivity contribution in [3.05, 3.63) is 60.3 Å². The number of aromatic nitrogens is 5. The monoisotopic (exact) mass is 349 g/mol. The first kappa shape index (κ1) is 16.3. The Balaban J connectivity index is 1.71. The highest BCUT2D eigenvalue weighted by Gasteiger charge is 2.13. The van der Waals surface area contributed by atoms with Gasteiger partial charge in [0.2, 0.25) is 0 Å². The molecule has 0 atom stereocenters. The molecule has 1 aromatic carbocycles. The number of benzene rings is 1. The SMILES string of the molecule is COCCOC1=CC(c2n[nH]c3ccc(-c4ncn[nH]4)cc23)=CC=CC1. The van der Waals surface area contributed by atoms with Gasteiger partial charge in [0, 0.05) is 30.1 Å². The van der Waals surface area contributed by atoms with E-state index in [-0.39, 0.29) is 0 Å². The molecule has 2 aromatic heterocycles. The fourth-order valence-electron chi connectivity index (χ4n) is 2.87. The Kier molecular flexibility index (Phi) is 4.61. The van der Waals surface area contributed by atoms with E-state index in [1.165, 1.54) is 6.33 Å². The van der Waals surface area contributed by atoms with Gasteiger partial charge in [-0.25, -0.2) is 4.98 Å². The number of nitrogens with one attached hydrogen (secondary N) is 2. The lowest BCUT2D eigenvalue weighted by atomic mass is 10.0. The molecule has 0 radical (unpaired) electrons. The average molecular weight is 349 g/mol. The summed E-state index contributed by atoms with van der Waals surface area (Å²) in [5, 5.41) is 15.4. The predicted octanol–water partition coefficient (Wildman–Crippen LogP) is 3.24. The van der Waals surface area contributed by atoms with Crippen LogP contribution < -0.4 is 0 Å². The van der Waals surface area contributed by atoms with Crippen molar-refractivity contribution in [3.63, 3.8) is 0 Å². The number of hydrogen-bond donors (Lipinski definition) is 2. The van der Waals surface area contributed by atoms with Crippen LogP contribution in [0.4, 0.5) is 0 Å². The van der Waals surface area contributed by atoms with Crippen molar-refractivity contribution in [1.29, 1.82) is 0 Å². The van der Waals surface area contributed by atoms with E-state index in [1.807, 2.05) is 30.4 Å². The molecule has 1 aliphatic rings. The molecule has 2 heterocycles. The molecule has 7 nitrogen and oxygen atoms in total. The van der Waals surface area contributed by atoms with Crippen molar-refractivity contribution in [2.45, 2.75) is 6.42 Å². The van der Waals surface area contributed by atoms with E-state index in [0.717, 1.165) is 45.7 Å². The molecule has 7 heteroatoms. The minimum absolute atomic E-state index is 0.528. The minimum Gasteiger partial charge on any atom is -0.495 e. The third kappa shape index (κ3) is 3.29. The lowest BCUT2D eigenvalue weighted by molar-refractivity contribution is 0.108. The second-order valence-corrected chi connectivity index (χ2v) is 5.87. The molecule has 4 rings (SSSR count). The normalized spacial score (nSPS) is 14.2. The van der Waals surface area contributed by atoms with Crippen LogP contribution in [0.5, 0.6) is 0 Å². The quantitative estimate of drug-likeness (QED) is 0.667. The summed E-state index contributed by atoms with van der Waals surface area (Å²) in [6, 6.07) is 6.04. The maximum Gasteiger partial charge on any atom is 0.155 e. The Morgan fingerprint density at radius 2 is 2.15 bits per heavy atom. The molecule has 2 N–H and O–H groups in total. The molecular weight excluding hydrogens is 330 g/mol. The summed E-state index contributed by atoms with van der Waals surface area (Å²) in [5.41, 5.74) is 3.79. The summed E-state index contributed by atoms with van der Waals surface area (Å²) in [4.78, 5) is 4.22. The molecular formula is C19H19N5O2. The molecule has 0 aliphatic heterocycles. The van der Waals surface area contributed by atoms with Crippen LogP contribution in [0.3, 0.4) is 0 Å². The van der Waals surface area contributed by atoms with Crippen molar-refractivity contribution >= 4 is 16.5 Å². The topological polar surface area (TPSA) is 88.7 Å². The number of aromatic amines is 2. The Bertz CT molecular complexity index is 983. The maximum atomic E-state index is 5.81. The Morgan fingerprint density at radius 1 is 1.19 bits per heavy atom. The molecule has 0 spiro atoms. The molecule has 0 bridgehead atoms. The van der Waals surface area contributed by atoms with Crippen LogP contribution in [0, 0.1) is 0 Å². The Morgan fingerprint density at radius 3 is 3.00 bits per heavy atom. The summed E-state index contributed by atoms with van der Waals surface area (Å²) in [5.74, 6) is 1.62. The summed E-state index contributed by atoms with van der Waals surface area (Å²) in [6.07, 6.45) is 10.4. The fraction of sp³-hybridized carbons (Fsp3) is 0.211. The predicted molar refractivity (Wildman–Crippen MR) is 99.1 cm³/mol. The molecule has 0 unspecified atom stereocenters. The third-order valence-electron chi connectivity index (χ3n) is 4.15. The molecule has 1 aliphatic carbocycles. The van der Waals surface area contributed by atoms with Gasteiger partial charge in [0.1, 0.15) is 24.4 Å². The number of ether oxygens (including phenoxy) is 2. The average Bonchev–Trinajstić information content (AvgIpc) is 3.28. The number of allylic oxidation sites excluding steroid dienone is 5. The standard InChI is InChI=1S/C19H19N5O2/c1-25-8-9-26-15-5-3-2-4-13(10-15)18-16-11-14(19-20-12-21-24-19)6-7-17(16)22-23-18/h2-4,6-7,10-12H,5,8-9H2,1H3,(H,22,23)(H,20,21,24). The third-order valence-corrected chi connectivity index (χ3v) is 4.15. The smallest absolute Gasteiger partial charge is 0.155 e. The summed E-state index contributed by atoms with van der Waals surface area (Å²) < 4.78 is 10.9. The first-order chi connectivity index (χ1) is 12.8. The van der Waals surface area contributed by atoms with Gasteiger partial charge in [-0.3, -0.25) is 10.2 Å². The number of nitrogens with zero attached hydrogens (tertiary/aromatic N) is 3. The van der Waals surface area contributed by atoms with Gasteiger partial charge >= 0.3 is 0 Å². The van der Waals surface area contributed by atoms with E-state index in [2.05, 4.69) is 37.5 Å². The van der Waals surface area contributed by atoms with Crippen LogP contribution in [-0.4, -0.2) is 45.7 Å². The van der Waals surface area contributed by atoms with Crippen molar-refractivity contribution < 1.29 is 9.47 Å². The van der Waals surface area contributed by atoms with Gasteiger partial charge in [-0.2, -0.15) is 10.2 Å². The first-order valence-corrected chi connectivity index (χ1v) is 8.38. The minimum atomic E-state index is 0.528. The van der Waals surface area contributed by atoms with Crippen LogP contribution in [0.15, 0.2) is 54.6 Å². The second kappa shape index (κ2) is 7.37. The highest BCUT2D eigenvalue weighted by molar-refractivity contribution is 5.95. The van der Waals surface area contributed by atoms with Crippen LogP contribution in [-0.2, 0) is 9.47 Å². The van der Waals surface area contributed by atoms with E-state index >= 15 is 0 Å². The second-order valence-electron chi connectivity index (χ2n) is 5.87. The summed E-state index contributed by atoms with van der Waals surface area (Å²) >= 11 is 0. The molecule has 132 valence electrons. The maximum absolute atomic E-state index is 5.81. The summed E-state index contributed by atoms with van der Waals surface area (Å²) in [7, 11) is 1.66. The lowest BCUT2D eigenvalue weighted by Crippen LogP contribution is -2.01. The highest BCUT2D eigenvalue weighted by Crippen LogP contribution is 2.29. The van der Waals surface area contributed by atoms with Crippen LogP contribution >= 0.6 is 0 Å². The molecule has 0 saturated heterocycles. The van der Waals surface area contributed by atoms with Crippen molar-refractivity contribution in [2.24, 2.45) is 0 Å². The summed E-state index contributed by atoms with van der Waals surface area (Å²) in [6.45, 7) is 1.09. The molecule has 26 heavy (non-hydrogen) atoms. The molecule has 0 saturated carbocycles. The Hall–Kier alpha value is -3.19. The molecule has 3 aromatic rings. The van der Waals surface area contributed by atoms with Crippen LogP contribution in [0.1, 0.15) is 12.1 Å². The number of hydrogen-bond acceptors (Lipinski definition) is 5. The zero-order chi connectivity index (χ0) is 17.8. The van der Waals surface area contributed by atoms with Gasteiger partial charge in [-0.1, -0.05) is 18.2 Å². The van der Waals surface area contributed by atoms with E-state index in [0.29, 0.717) is 13.2 Å². The van der Waals surface area contributed by atoms with Gasteiger partial charge in [-0.05, 0) is 24.3 Å². The Labute approximate surface area is 150 Å². The van der Waals surface area contributed by atoms with Gasteiger partial charge in [0.05, 0.1) is 12.1 Å². The van der Waals surface area contributed by atoms with Gasteiger partial charge in [0.25, 0.3) is 0 Å².